The van der Waals surface area contributed by atoms with Gasteiger partial charge >= 0.3 is 6.03 Å². The van der Waals surface area contributed by atoms with Gasteiger partial charge in [-0.3, -0.25) is 0 Å². The minimum absolute atomic E-state index is 0.0412. The molecule has 0 aliphatic rings. The third kappa shape index (κ3) is 4.13. The number of nitrogens with one attached hydrogen (secondary N) is 2. The lowest BCUT2D eigenvalue weighted by atomic mass is 10.2. The molecular weight excluding hydrogens is 270 g/mol. The molecule has 0 saturated carbocycles. The van der Waals surface area contributed by atoms with E-state index < -0.39 is 16.1 Å². The molecule has 1 rings (SSSR count). The fraction of sp³-hybridized carbons (Fsp3) is 0.200. The van der Waals surface area contributed by atoms with Crippen molar-refractivity contribution < 1.29 is 13.2 Å². The molecule has 2 amide bonds. The van der Waals surface area contributed by atoms with Crippen LogP contribution in [0.5, 0.6) is 0 Å². The van der Waals surface area contributed by atoms with Crippen LogP contribution in [0, 0.1) is 11.3 Å². The van der Waals surface area contributed by atoms with Crippen LogP contribution in [0.3, 0.4) is 0 Å². The standard InChI is InChI=1S/C10H13N5O3S/c11-6-7-5-8(12)1-2-9(7)19(17,18)15-4-3-14-10(13)16/h1-2,5,15H,3-4,12H2,(H3,13,14,16). The first-order valence-corrected chi connectivity index (χ1v) is 6.67. The minimum atomic E-state index is -3.84. The molecule has 1 aromatic rings. The lowest BCUT2D eigenvalue weighted by Crippen LogP contribution is -2.37. The zero-order valence-electron chi connectivity index (χ0n) is 9.88. The van der Waals surface area contributed by atoms with Crippen molar-refractivity contribution in [3.8, 4) is 6.07 Å². The van der Waals surface area contributed by atoms with Gasteiger partial charge in [-0.1, -0.05) is 0 Å². The fourth-order valence-corrected chi connectivity index (χ4v) is 2.49. The van der Waals surface area contributed by atoms with Crippen LogP contribution < -0.4 is 21.5 Å². The molecule has 0 aliphatic carbocycles. The van der Waals surface area contributed by atoms with Crippen LogP contribution in [0.25, 0.3) is 0 Å². The number of hydrogen-bond donors (Lipinski definition) is 4. The van der Waals surface area contributed by atoms with Gasteiger partial charge < -0.3 is 16.8 Å². The van der Waals surface area contributed by atoms with Gasteiger partial charge in [-0.05, 0) is 18.2 Å². The SMILES string of the molecule is N#Cc1cc(N)ccc1S(=O)(=O)NCCNC(N)=O. The zero-order chi connectivity index (χ0) is 14.5. The zero-order valence-corrected chi connectivity index (χ0v) is 10.7. The highest BCUT2D eigenvalue weighted by atomic mass is 32.2. The number of urea groups is 1. The monoisotopic (exact) mass is 283 g/mol. The predicted molar refractivity (Wildman–Crippen MR) is 68.3 cm³/mol. The normalized spacial score (nSPS) is 10.7. The molecule has 102 valence electrons. The summed E-state index contributed by atoms with van der Waals surface area (Å²) in [6, 6.07) is 4.92. The van der Waals surface area contributed by atoms with E-state index in [-0.39, 0.29) is 23.5 Å². The molecule has 8 nitrogen and oxygen atoms in total. The summed E-state index contributed by atoms with van der Waals surface area (Å²) in [5.74, 6) is 0. The van der Waals surface area contributed by atoms with E-state index in [2.05, 4.69) is 10.0 Å². The fourth-order valence-electron chi connectivity index (χ4n) is 1.32. The van der Waals surface area contributed by atoms with Gasteiger partial charge in [-0.15, -0.1) is 0 Å². The van der Waals surface area contributed by atoms with Crippen molar-refractivity contribution in [3.05, 3.63) is 23.8 Å². The molecule has 0 atom stereocenters. The van der Waals surface area contributed by atoms with Crippen LogP contribution in [0.2, 0.25) is 0 Å². The summed E-state index contributed by atoms with van der Waals surface area (Å²) in [6.45, 7) is 0.00589. The Hall–Kier alpha value is -2.31. The summed E-state index contributed by atoms with van der Waals surface area (Å²) in [4.78, 5) is 10.2. The first kappa shape index (κ1) is 14.7. The number of sulfonamides is 1. The Kier molecular flexibility index (Phi) is 4.68. The molecule has 6 N–H and O–H groups in total. The molecule has 0 radical (unpaired) electrons. The van der Waals surface area contributed by atoms with Crippen molar-refractivity contribution in [2.24, 2.45) is 5.73 Å². The van der Waals surface area contributed by atoms with Crippen LogP contribution in [0.15, 0.2) is 23.1 Å². The molecule has 0 saturated heterocycles. The van der Waals surface area contributed by atoms with Crippen molar-refractivity contribution in [3.63, 3.8) is 0 Å². The number of amides is 2. The average molecular weight is 283 g/mol. The number of nitriles is 1. The summed E-state index contributed by atoms with van der Waals surface area (Å²) in [5, 5.41) is 11.1. The van der Waals surface area contributed by atoms with E-state index in [1.54, 1.807) is 6.07 Å². The van der Waals surface area contributed by atoms with Gasteiger partial charge in [0.05, 0.1) is 10.5 Å². The Morgan fingerprint density at radius 3 is 2.63 bits per heavy atom. The number of rotatable bonds is 5. The van der Waals surface area contributed by atoms with Gasteiger partial charge in [0.15, 0.2) is 0 Å². The molecule has 0 heterocycles. The van der Waals surface area contributed by atoms with Crippen molar-refractivity contribution in [1.29, 1.82) is 5.26 Å². The van der Waals surface area contributed by atoms with Gasteiger partial charge in [0.1, 0.15) is 6.07 Å². The van der Waals surface area contributed by atoms with Gasteiger partial charge in [0.25, 0.3) is 0 Å². The number of primary amides is 1. The van der Waals surface area contributed by atoms with E-state index in [0.29, 0.717) is 5.69 Å². The molecule has 9 heteroatoms. The van der Waals surface area contributed by atoms with Crippen molar-refractivity contribution in [2.45, 2.75) is 4.90 Å². The lowest BCUT2D eigenvalue weighted by molar-refractivity contribution is 0.249. The van der Waals surface area contributed by atoms with Crippen LogP contribution in [-0.4, -0.2) is 27.5 Å². The topological polar surface area (TPSA) is 151 Å². The van der Waals surface area contributed by atoms with Crippen LogP contribution >= 0.6 is 0 Å². The summed E-state index contributed by atoms with van der Waals surface area (Å²) < 4.78 is 26.1. The van der Waals surface area contributed by atoms with E-state index in [0.717, 1.165) is 0 Å². The first-order valence-electron chi connectivity index (χ1n) is 5.19. The van der Waals surface area contributed by atoms with E-state index in [4.69, 9.17) is 16.7 Å². The molecule has 0 bridgehead atoms. The highest BCUT2D eigenvalue weighted by Crippen LogP contribution is 2.17. The van der Waals surface area contributed by atoms with Crippen molar-refractivity contribution >= 4 is 21.7 Å². The minimum Gasteiger partial charge on any atom is -0.399 e. The number of carbonyl (C=O) groups is 1. The second kappa shape index (κ2) is 6.03. The average Bonchev–Trinajstić information content (AvgIpc) is 2.34. The number of hydrogen-bond acceptors (Lipinski definition) is 5. The number of benzene rings is 1. The number of nitrogens with zero attached hydrogens (tertiary/aromatic N) is 1. The Balaban J connectivity index is 2.84. The molecule has 0 spiro atoms. The van der Waals surface area contributed by atoms with Gasteiger partial charge in [0.2, 0.25) is 10.0 Å². The first-order chi connectivity index (χ1) is 8.86. The van der Waals surface area contributed by atoms with E-state index in [1.807, 2.05) is 0 Å². The van der Waals surface area contributed by atoms with E-state index in [9.17, 15) is 13.2 Å². The highest BCUT2D eigenvalue weighted by molar-refractivity contribution is 7.89. The number of carbonyl (C=O) groups excluding carboxylic acids is 1. The van der Waals surface area contributed by atoms with Gasteiger partial charge in [-0.25, -0.2) is 17.9 Å². The summed E-state index contributed by atoms with van der Waals surface area (Å²) in [5.41, 5.74) is 10.6. The predicted octanol–water partition coefficient (Wildman–Crippen LogP) is -0.913. The highest BCUT2D eigenvalue weighted by Gasteiger charge is 2.18. The maximum absolute atomic E-state index is 11.9. The van der Waals surface area contributed by atoms with Crippen LogP contribution in [0.1, 0.15) is 5.56 Å². The Morgan fingerprint density at radius 2 is 2.05 bits per heavy atom. The number of nitrogens with two attached hydrogens (primary N) is 2. The molecule has 0 aromatic heterocycles. The lowest BCUT2D eigenvalue weighted by Gasteiger charge is -2.08. The molecule has 0 unspecified atom stereocenters. The largest absolute Gasteiger partial charge is 0.399 e. The Morgan fingerprint density at radius 1 is 1.37 bits per heavy atom. The maximum atomic E-state index is 11.9. The van der Waals surface area contributed by atoms with Crippen LogP contribution in [-0.2, 0) is 10.0 Å². The van der Waals surface area contributed by atoms with Crippen molar-refractivity contribution in [1.82, 2.24) is 10.0 Å². The van der Waals surface area contributed by atoms with Crippen molar-refractivity contribution in [2.75, 3.05) is 18.8 Å². The number of anilines is 1. The smallest absolute Gasteiger partial charge is 0.312 e. The molecule has 0 aliphatic heterocycles. The second-order valence-corrected chi connectivity index (χ2v) is 5.29. The number of nitrogen functional groups attached to an aromatic ring is 1. The molecule has 0 fully saturated rings. The Labute approximate surface area is 110 Å². The Bertz CT molecular complexity index is 621. The summed E-state index contributed by atoms with van der Waals surface area (Å²) in [6.07, 6.45) is 0. The van der Waals surface area contributed by atoms with Crippen LogP contribution in [0.4, 0.5) is 10.5 Å². The second-order valence-electron chi connectivity index (χ2n) is 3.56. The third-order valence-electron chi connectivity index (χ3n) is 2.13. The van der Waals surface area contributed by atoms with E-state index >= 15 is 0 Å². The maximum Gasteiger partial charge on any atom is 0.312 e. The molecule has 19 heavy (non-hydrogen) atoms. The summed E-state index contributed by atoms with van der Waals surface area (Å²) in [7, 11) is -3.84. The van der Waals surface area contributed by atoms with E-state index in [1.165, 1.54) is 18.2 Å². The molecular formula is C10H13N5O3S. The van der Waals surface area contributed by atoms with Gasteiger partial charge in [0, 0.05) is 18.8 Å². The summed E-state index contributed by atoms with van der Waals surface area (Å²) >= 11 is 0. The quantitative estimate of drug-likeness (QED) is 0.407. The third-order valence-corrected chi connectivity index (χ3v) is 3.65. The van der Waals surface area contributed by atoms with Gasteiger partial charge in [-0.2, -0.15) is 5.26 Å². The molecule has 1 aromatic carbocycles.